The highest BCUT2D eigenvalue weighted by molar-refractivity contribution is 6.09. The minimum atomic E-state index is -0.265. The second-order valence-electron chi connectivity index (χ2n) is 9.03. The van der Waals surface area contributed by atoms with Crippen molar-refractivity contribution >= 4 is 22.9 Å². The molecule has 2 aliphatic heterocycles. The molecule has 0 unspecified atom stereocenters. The first kappa shape index (κ1) is 19.8. The first-order chi connectivity index (χ1) is 14.9. The quantitative estimate of drug-likeness (QED) is 0.673. The Labute approximate surface area is 180 Å². The van der Waals surface area contributed by atoms with Gasteiger partial charge in [0.25, 0.3) is 5.91 Å². The minimum absolute atomic E-state index is 0.223. The van der Waals surface area contributed by atoms with Crippen molar-refractivity contribution in [1.29, 1.82) is 0 Å². The van der Waals surface area contributed by atoms with Gasteiger partial charge >= 0.3 is 0 Å². The summed E-state index contributed by atoms with van der Waals surface area (Å²) >= 11 is 0. The lowest BCUT2D eigenvalue weighted by Crippen LogP contribution is -2.35. The zero-order valence-electron chi connectivity index (χ0n) is 17.8. The van der Waals surface area contributed by atoms with Crippen LogP contribution in [0.25, 0.3) is 5.65 Å². The Morgan fingerprint density at radius 3 is 2.90 bits per heavy atom. The van der Waals surface area contributed by atoms with Crippen molar-refractivity contribution < 1.29 is 14.6 Å². The van der Waals surface area contributed by atoms with Crippen molar-refractivity contribution in [3.63, 3.8) is 0 Å². The molecule has 1 aromatic carbocycles. The molecule has 0 aliphatic carbocycles. The van der Waals surface area contributed by atoms with Crippen LogP contribution >= 0.6 is 0 Å². The smallest absolute Gasteiger partial charge is 0.261 e. The van der Waals surface area contributed by atoms with Crippen molar-refractivity contribution in [1.82, 2.24) is 14.6 Å². The Morgan fingerprint density at radius 1 is 1.32 bits per heavy atom. The molecule has 0 bridgehead atoms. The van der Waals surface area contributed by atoms with Crippen LogP contribution in [0.4, 0.5) is 11.4 Å². The lowest BCUT2D eigenvalue weighted by molar-refractivity contribution is 0.102. The molecular weight excluding hydrogens is 394 g/mol. The summed E-state index contributed by atoms with van der Waals surface area (Å²) in [5.41, 5.74) is 3.50. The molecule has 0 atom stereocenters. The second-order valence-corrected chi connectivity index (χ2v) is 9.03. The van der Waals surface area contributed by atoms with E-state index >= 15 is 0 Å². The normalized spacial score (nSPS) is 18.1. The molecule has 0 saturated carbocycles. The number of carbonyl (C=O) groups excluding carboxylic acids is 1. The summed E-state index contributed by atoms with van der Waals surface area (Å²) in [6.07, 6.45) is 7.60. The fraction of sp³-hybridized carbons (Fsp3) is 0.435. The molecule has 4 heterocycles. The molecule has 2 N–H and O–H groups in total. The number of hydrogen-bond acceptors (Lipinski definition) is 6. The minimum Gasteiger partial charge on any atom is -0.487 e. The Bertz CT molecular complexity index is 1130. The van der Waals surface area contributed by atoms with Crippen molar-refractivity contribution in [2.45, 2.75) is 38.7 Å². The number of aliphatic hydroxyl groups excluding tert-OH is 1. The van der Waals surface area contributed by atoms with Gasteiger partial charge in [0.15, 0.2) is 5.65 Å². The number of amides is 1. The molecule has 8 nitrogen and oxygen atoms in total. The number of piperidine rings is 1. The van der Waals surface area contributed by atoms with Crippen LogP contribution in [0.15, 0.2) is 36.8 Å². The van der Waals surface area contributed by atoms with Crippen molar-refractivity contribution in [3.8, 4) is 5.75 Å². The van der Waals surface area contributed by atoms with E-state index in [9.17, 15) is 9.90 Å². The van der Waals surface area contributed by atoms with Crippen LogP contribution in [-0.2, 0) is 6.42 Å². The van der Waals surface area contributed by atoms with E-state index in [1.54, 1.807) is 29.2 Å². The molecule has 31 heavy (non-hydrogen) atoms. The predicted octanol–water partition coefficient (Wildman–Crippen LogP) is 2.90. The summed E-state index contributed by atoms with van der Waals surface area (Å²) in [5.74, 6) is 0.974. The fourth-order valence-corrected chi connectivity index (χ4v) is 4.53. The lowest BCUT2D eigenvalue weighted by Gasteiger charge is -2.34. The molecule has 2 aliphatic rings. The van der Waals surface area contributed by atoms with Crippen LogP contribution < -0.4 is 15.0 Å². The second kappa shape index (κ2) is 7.53. The summed E-state index contributed by atoms with van der Waals surface area (Å²) in [5, 5.41) is 16.8. The Kier molecular flexibility index (Phi) is 4.81. The van der Waals surface area contributed by atoms with Crippen molar-refractivity contribution in [2.75, 3.05) is 29.9 Å². The Balaban J connectivity index is 1.49. The lowest BCUT2D eigenvalue weighted by atomic mass is 9.96. The van der Waals surface area contributed by atoms with Crippen LogP contribution in [0.2, 0.25) is 0 Å². The van der Waals surface area contributed by atoms with Gasteiger partial charge in [0.1, 0.15) is 16.9 Å². The highest BCUT2D eigenvalue weighted by Crippen LogP contribution is 2.42. The highest BCUT2D eigenvalue weighted by atomic mass is 16.5. The molecule has 1 fully saturated rings. The van der Waals surface area contributed by atoms with Crippen molar-refractivity contribution in [3.05, 3.63) is 47.9 Å². The number of hydrogen-bond donors (Lipinski definition) is 2. The number of aromatic nitrogens is 3. The first-order valence-electron chi connectivity index (χ1n) is 10.7. The molecule has 8 heteroatoms. The van der Waals surface area contributed by atoms with Gasteiger partial charge in [-0.1, -0.05) is 0 Å². The van der Waals surface area contributed by atoms with Crippen LogP contribution in [0.5, 0.6) is 5.75 Å². The third kappa shape index (κ3) is 3.72. The molecule has 2 aromatic heterocycles. The van der Waals surface area contributed by atoms with Gasteiger partial charge < -0.3 is 20.1 Å². The zero-order valence-corrected chi connectivity index (χ0v) is 17.8. The monoisotopic (exact) mass is 421 g/mol. The number of carbonyl (C=O) groups is 1. The van der Waals surface area contributed by atoms with Gasteiger partial charge in [-0.15, -0.1) is 0 Å². The Hall–Kier alpha value is -3.13. The Morgan fingerprint density at radius 2 is 2.13 bits per heavy atom. The molecule has 0 spiro atoms. The summed E-state index contributed by atoms with van der Waals surface area (Å²) in [6.45, 7) is 6.02. The SMILES string of the molecule is CC1(C)Cc2cc(NC(=O)c3cnn4cccnc34)c(N3CCC(CO)CC3)cc2O1. The van der Waals surface area contributed by atoms with E-state index in [1.165, 1.54) is 0 Å². The number of nitrogens with zero attached hydrogens (tertiary/aromatic N) is 4. The van der Waals surface area contributed by atoms with Crippen LogP contribution in [-0.4, -0.2) is 50.9 Å². The van der Waals surface area contributed by atoms with Gasteiger partial charge in [-0.2, -0.15) is 5.10 Å². The number of fused-ring (bicyclic) bond motifs is 2. The fourth-order valence-electron chi connectivity index (χ4n) is 4.53. The van der Waals surface area contributed by atoms with Crippen LogP contribution in [0.1, 0.15) is 42.6 Å². The van der Waals surface area contributed by atoms with E-state index in [4.69, 9.17) is 4.74 Å². The number of ether oxygens (including phenoxy) is 1. The van der Waals surface area contributed by atoms with Gasteiger partial charge in [0, 0.05) is 50.1 Å². The molecule has 5 rings (SSSR count). The highest BCUT2D eigenvalue weighted by Gasteiger charge is 2.32. The van der Waals surface area contributed by atoms with Crippen molar-refractivity contribution in [2.24, 2.45) is 5.92 Å². The number of aliphatic hydroxyl groups is 1. The molecule has 1 amide bonds. The molecule has 0 radical (unpaired) electrons. The summed E-state index contributed by atoms with van der Waals surface area (Å²) in [4.78, 5) is 19.7. The summed E-state index contributed by atoms with van der Waals surface area (Å²) in [7, 11) is 0. The average Bonchev–Trinajstić information content (AvgIpc) is 3.32. The van der Waals surface area contributed by atoms with Gasteiger partial charge in [-0.25, -0.2) is 9.50 Å². The van der Waals surface area contributed by atoms with E-state index < -0.39 is 0 Å². The maximum absolute atomic E-state index is 13.2. The van der Waals surface area contributed by atoms with Crippen LogP contribution in [0.3, 0.4) is 0 Å². The van der Waals surface area contributed by atoms with E-state index in [0.717, 1.165) is 55.0 Å². The summed E-state index contributed by atoms with van der Waals surface area (Å²) < 4.78 is 7.75. The molecule has 3 aromatic rings. The maximum Gasteiger partial charge on any atom is 0.261 e. The predicted molar refractivity (Wildman–Crippen MR) is 118 cm³/mol. The standard InChI is InChI=1S/C23H27N5O3/c1-23(2)12-16-10-18(26-22(30)17-13-25-28-7-3-6-24-21(17)28)19(11-20(16)31-23)27-8-4-15(14-29)5-9-27/h3,6-7,10-11,13,15,29H,4-5,8-9,12,14H2,1-2H3,(H,26,30). The zero-order chi connectivity index (χ0) is 21.6. The van der Waals surface area contributed by atoms with E-state index in [0.29, 0.717) is 17.1 Å². The number of rotatable bonds is 4. The van der Waals surface area contributed by atoms with Crippen LogP contribution in [0, 0.1) is 5.92 Å². The van der Waals surface area contributed by atoms with Gasteiger partial charge in [0.05, 0.1) is 17.6 Å². The van der Waals surface area contributed by atoms with E-state index in [2.05, 4.69) is 34.1 Å². The number of nitrogens with one attached hydrogen (secondary N) is 1. The van der Waals surface area contributed by atoms with Gasteiger partial charge in [-0.3, -0.25) is 4.79 Å². The van der Waals surface area contributed by atoms with E-state index in [-0.39, 0.29) is 18.1 Å². The van der Waals surface area contributed by atoms with Gasteiger partial charge in [-0.05, 0) is 44.7 Å². The topological polar surface area (TPSA) is 92.0 Å². The average molecular weight is 422 g/mol. The molecule has 1 saturated heterocycles. The largest absolute Gasteiger partial charge is 0.487 e. The maximum atomic E-state index is 13.2. The van der Waals surface area contributed by atoms with E-state index in [1.807, 2.05) is 12.1 Å². The third-order valence-corrected chi connectivity index (χ3v) is 6.17. The number of anilines is 2. The molecule has 162 valence electrons. The first-order valence-corrected chi connectivity index (χ1v) is 10.7. The third-order valence-electron chi connectivity index (χ3n) is 6.17. The molecular formula is C23H27N5O3. The number of benzene rings is 1. The summed E-state index contributed by atoms with van der Waals surface area (Å²) in [6, 6.07) is 5.86. The van der Waals surface area contributed by atoms with Gasteiger partial charge in [0.2, 0.25) is 0 Å².